The van der Waals surface area contributed by atoms with Crippen LogP contribution in [-0.4, -0.2) is 38.1 Å². The lowest BCUT2D eigenvalue weighted by Crippen LogP contribution is -2.37. The molecule has 0 heterocycles. The van der Waals surface area contributed by atoms with Crippen LogP contribution in [0.25, 0.3) is 0 Å². The number of carbonyl (C=O) groups excluding carboxylic acids is 2. The summed E-state index contributed by atoms with van der Waals surface area (Å²) >= 11 is 0. The lowest BCUT2D eigenvalue weighted by Gasteiger charge is -2.28. The number of ether oxygens (including phenoxy) is 2. The van der Waals surface area contributed by atoms with E-state index in [0.717, 1.165) is 36.9 Å². The van der Waals surface area contributed by atoms with Crippen LogP contribution in [0.3, 0.4) is 0 Å². The van der Waals surface area contributed by atoms with Gasteiger partial charge in [-0.05, 0) is 74.6 Å². The summed E-state index contributed by atoms with van der Waals surface area (Å²) < 4.78 is 11.0. The summed E-state index contributed by atoms with van der Waals surface area (Å²) in [5, 5.41) is 2.96. The third kappa shape index (κ3) is 6.33. The Morgan fingerprint density at radius 3 is 2.38 bits per heavy atom. The van der Waals surface area contributed by atoms with Crippen molar-refractivity contribution in [2.45, 2.75) is 58.4 Å². The van der Waals surface area contributed by atoms with Gasteiger partial charge in [0, 0.05) is 44.5 Å². The molecule has 2 amide bonds. The maximum Gasteiger partial charge on any atom is 0.251 e. The van der Waals surface area contributed by atoms with Crippen LogP contribution in [0, 0.1) is 6.92 Å². The molecule has 0 radical (unpaired) electrons. The van der Waals surface area contributed by atoms with Gasteiger partial charge in [-0.1, -0.05) is 18.9 Å². The van der Waals surface area contributed by atoms with Crippen LogP contribution in [0.2, 0.25) is 0 Å². The fourth-order valence-electron chi connectivity index (χ4n) is 4.20. The highest BCUT2D eigenvalue weighted by atomic mass is 16.5. The summed E-state index contributed by atoms with van der Waals surface area (Å²) in [6, 6.07) is 13.4. The number of carbonyl (C=O) groups is 2. The number of aryl methyl sites for hydroxylation is 1. The van der Waals surface area contributed by atoms with Crippen molar-refractivity contribution < 1.29 is 19.1 Å². The zero-order valence-electron chi connectivity index (χ0n) is 19.4. The summed E-state index contributed by atoms with van der Waals surface area (Å²) in [6.07, 6.45) is 6.24. The fourth-order valence-corrected chi connectivity index (χ4v) is 4.20. The number of benzene rings is 2. The topological polar surface area (TPSA) is 67.9 Å². The normalized spacial score (nSPS) is 13.7. The Morgan fingerprint density at radius 1 is 1.03 bits per heavy atom. The monoisotopic (exact) mass is 438 g/mol. The smallest absolute Gasteiger partial charge is 0.251 e. The molecule has 0 bridgehead atoms. The molecular formula is C26H34N2O4. The minimum Gasteiger partial charge on any atom is -0.457 e. The zero-order valence-corrected chi connectivity index (χ0v) is 19.4. The van der Waals surface area contributed by atoms with Crippen LogP contribution in [-0.2, 0) is 9.53 Å². The molecule has 0 aliphatic heterocycles. The first-order chi connectivity index (χ1) is 15.5. The van der Waals surface area contributed by atoms with Crippen LogP contribution in [0.4, 0.5) is 5.69 Å². The number of nitrogens with zero attached hydrogens (tertiary/aromatic N) is 1. The molecule has 1 N–H and O–H groups in total. The van der Waals surface area contributed by atoms with E-state index in [0.29, 0.717) is 30.2 Å². The minimum atomic E-state index is -0.102. The lowest BCUT2D eigenvalue weighted by molar-refractivity contribution is -0.117. The molecule has 0 saturated heterocycles. The van der Waals surface area contributed by atoms with Crippen LogP contribution in [0.1, 0.15) is 61.4 Å². The van der Waals surface area contributed by atoms with Crippen molar-refractivity contribution in [3.8, 4) is 11.5 Å². The predicted octanol–water partition coefficient (Wildman–Crippen LogP) is 5.24. The van der Waals surface area contributed by atoms with Crippen LogP contribution >= 0.6 is 0 Å². The summed E-state index contributed by atoms with van der Waals surface area (Å²) in [7, 11) is 1.68. The molecule has 6 nitrogen and oxygen atoms in total. The van der Waals surface area contributed by atoms with Crippen molar-refractivity contribution in [1.29, 1.82) is 0 Å². The number of rotatable bonds is 10. The zero-order chi connectivity index (χ0) is 22.9. The Kier molecular flexibility index (Phi) is 8.68. The Hall–Kier alpha value is -2.86. The van der Waals surface area contributed by atoms with Crippen LogP contribution < -0.4 is 15.0 Å². The highest BCUT2D eigenvalue weighted by Crippen LogP contribution is 2.31. The Balaban J connectivity index is 1.65. The minimum absolute atomic E-state index is 0.0713. The third-order valence-electron chi connectivity index (χ3n) is 5.89. The van der Waals surface area contributed by atoms with Crippen molar-refractivity contribution in [3.05, 3.63) is 53.6 Å². The molecular weight excluding hydrogens is 404 g/mol. The molecule has 0 spiro atoms. The molecule has 2 aromatic carbocycles. The Morgan fingerprint density at radius 2 is 1.72 bits per heavy atom. The Bertz CT molecular complexity index is 905. The largest absolute Gasteiger partial charge is 0.457 e. The number of methoxy groups -OCH3 is 1. The first kappa shape index (κ1) is 23.8. The van der Waals surface area contributed by atoms with E-state index in [1.165, 1.54) is 12.8 Å². The first-order valence-electron chi connectivity index (χ1n) is 11.4. The van der Waals surface area contributed by atoms with E-state index in [-0.39, 0.29) is 17.9 Å². The highest BCUT2D eigenvalue weighted by molar-refractivity contribution is 5.96. The summed E-state index contributed by atoms with van der Waals surface area (Å²) in [6.45, 7) is 4.85. The number of hydrogen-bond donors (Lipinski definition) is 1. The van der Waals surface area contributed by atoms with E-state index in [1.54, 1.807) is 20.1 Å². The summed E-state index contributed by atoms with van der Waals surface area (Å²) in [4.78, 5) is 26.7. The van der Waals surface area contributed by atoms with Gasteiger partial charge >= 0.3 is 0 Å². The van der Waals surface area contributed by atoms with Gasteiger partial charge in [-0.15, -0.1) is 0 Å². The molecule has 1 aliphatic rings. The Labute approximate surface area is 190 Å². The molecule has 0 aromatic heterocycles. The van der Waals surface area contributed by atoms with Crippen molar-refractivity contribution >= 4 is 17.5 Å². The fraction of sp³-hybridized carbons (Fsp3) is 0.462. The van der Waals surface area contributed by atoms with Crippen molar-refractivity contribution in [2.75, 3.05) is 25.2 Å². The molecule has 1 aliphatic carbocycles. The van der Waals surface area contributed by atoms with Gasteiger partial charge in [0.05, 0.1) is 0 Å². The molecule has 1 fully saturated rings. The molecule has 2 aromatic rings. The van der Waals surface area contributed by atoms with E-state index in [4.69, 9.17) is 9.47 Å². The highest BCUT2D eigenvalue weighted by Gasteiger charge is 2.25. The number of anilines is 1. The van der Waals surface area contributed by atoms with Crippen molar-refractivity contribution in [2.24, 2.45) is 0 Å². The lowest BCUT2D eigenvalue weighted by atomic mass is 10.1. The maximum atomic E-state index is 12.6. The number of nitrogens with one attached hydrogen (secondary N) is 1. The standard InChI is InChI=1S/C26H34N2O4/c1-19-10-13-24(18-25(19)26(30)27-16-6-7-17-31-3)32-23-14-11-22(12-15-23)28(20(2)29)21-8-4-5-9-21/h10-15,18,21H,4-9,16-17H2,1-3H3,(H,27,30). The average molecular weight is 439 g/mol. The second-order valence-corrected chi connectivity index (χ2v) is 8.36. The van der Waals surface area contributed by atoms with E-state index < -0.39 is 0 Å². The number of unbranched alkanes of at least 4 members (excludes halogenated alkanes) is 1. The second-order valence-electron chi connectivity index (χ2n) is 8.36. The molecule has 6 heteroatoms. The van der Waals surface area contributed by atoms with Gasteiger partial charge in [0.1, 0.15) is 11.5 Å². The SMILES string of the molecule is COCCCCNC(=O)c1cc(Oc2ccc(N(C(C)=O)C3CCCC3)cc2)ccc1C. The van der Waals surface area contributed by atoms with E-state index >= 15 is 0 Å². The van der Waals surface area contributed by atoms with Gasteiger partial charge in [-0.3, -0.25) is 9.59 Å². The average Bonchev–Trinajstić information content (AvgIpc) is 3.30. The second kappa shape index (κ2) is 11.7. The van der Waals surface area contributed by atoms with Crippen molar-refractivity contribution in [3.63, 3.8) is 0 Å². The summed E-state index contributed by atoms with van der Waals surface area (Å²) in [5.74, 6) is 1.24. The molecule has 1 saturated carbocycles. The molecule has 172 valence electrons. The molecule has 0 unspecified atom stereocenters. The van der Waals surface area contributed by atoms with Gasteiger partial charge in [0.2, 0.25) is 5.91 Å². The van der Waals surface area contributed by atoms with Gasteiger partial charge in [0.25, 0.3) is 5.91 Å². The van der Waals surface area contributed by atoms with Crippen LogP contribution in [0.5, 0.6) is 11.5 Å². The van der Waals surface area contributed by atoms with Crippen molar-refractivity contribution in [1.82, 2.24) is 5.32 Å². The van der Waals surface area contributed by atoms with Gasteiger partial charge in [-0.25, -0.2) is 0 Å². The third-order valence-corrected chi connectivity index (χ3v) is 5.89. The molecule has 0 atom stereocenters. The molecule has 32 heavy (non-hydrogen) atoms. The molecule has 3 rings (SSSR count). The number of amides is 2. The number of hydrogen-bond acceptors (Lipinski definition) is 4. The maximum absolute atomic E-state index is 12.6. The first-order valence-corrected chi connectivity index (χ1v) is 11.4. The van der Waals surface area contributed by atoms with E-state index in [9.17, 15) is 9.59 Å². The van der Waals surface area contributed by atoms with Gasteiger partial charge < -0.3 is 19.7 Å². The van der Waals surface area contributed by atoms with Gasteiger partial charge in [-0.2, -0.15) is 0 Å². The van der Waals surface area contributed by atoms with Gasteiger partial charge in [0.15, 0.2) is 0 Å². The summed E-state index contributed by atoms with van der Waals surface area (Å²) in [5.41, 5.74) is 2.40. The van der Waals surface area contributed by atoms with E-state index in [1.807, 2.05) is 48.2 Å². The van der Waals surface area contributed by atoms with Crippen LogP contribution in [0.15, 0.2) is 42.5 Å². The predicted molar refractivity (Wildman–Crippen MR) is 127 cm³/mol. The quantitative estimate of drug-likeness (QED) is 0.515. The van der Waals surface area contributed by atoms with E-state index in [2.05, 4.69) is 5.32 Å².